The second-order valence-corrected chi connectivity index (χ2v) is 4.82. The molecule has 1 fully saturated rings. The number of aromatic nitrogens is 2. The highest BCUT2D eigenvalue weighted by molar-refractivity contribution is 5.03. The number of β-amino-alcohol motifs (C(OH)–C–C–N with tert-alkyl or cyclic N) is 1. The summed E-state index contributed by atoms with van der Waals surface area (Å²) >= 11 is 0. The Morgan fingerprint density at radius 2 is 2.33 bits per heavy atom. The average molecular weight is 255 g/mol. The lowest BCUT2D eigenvalue weighted by atomic mass is 10.0. The van der Waals surface area contributed by atoms with Crippen molar-refractivity contribution < 1.29 is 14.4 Å². The van der Waals surface area contributed by atoms with Crippen LogP contribution in [-0.4, -0.2) is 34.5 Å². The molecule has 1 aliphatic heterocycles. The van der Waals surface area contributed by atoms with E-state index in [1.807, 2.05) is 20.8 Å². The van der Waals surface area contributed by atoms with Gasteiger partial charge in [-0.3, -0.25) is 0 Å². The van der Waals surface area contributed by atoms with E-state index in [1.165, 1.54) is 0 Å². The Bertz CT molecular complexity index is 396. The van der Waals surface area contributed by atoms with Crippen molar-refractivity contribution in [2.24, 2.45) is 0 Å². The smallest absolute Gasteiger partial charge is 0.243 e. The van der Waals surface area contributed by atoms with E-state index in [4.69, 9.17) is 9.26 Å². The van der Waals surface area contributed by atoms with Crippen LogP contribution in [0.4, 0.5) is 0 Å². The monoisotopic (exact) mass is 255 g/mol. The summed E-state index contributed by atoms with van der Waals surface area (Å²) in [6.07, 6.45) is 1.05. The van der Waals surface area contributed by atoms with E-state index in [0.717, 1.165) is 6.42 Å². The largest absolute Gasteiger partial charge is 0.392 e. The summed E-state index contributed by atoms with van der Waals surface area (Å²) in [7, 11) is 0. The predicted octanol–water partition coefficient (Wildman–Crippen LogP) is 1.13. The van der Waals surface area contributed by atoms with Crippen LogP contribution < -0.4 is 5.32 Å². The first kappa shape index (κ1) is 13.5. The summed E-state index contributed by atoms with van der Waals surface area (Å²) in [5, 5.41) is 16.6. The van der Waals surface area contributed by atoms with Crippen LogP contribution in [0.3, 0.4) is 0 Å². The van der Waals surface area contributed by atoms with Crippen molar-refractivity contribution >= 4 is 0 Å². The predicted molar refractivity (Wildman–Crippen MR) is 64.9 cm³/mol. The summed E-state index contributed by atoms with van der Waals surface area (Å²) in [6, 6.07) is -0.0519. The topological polar surface area (TPSA) is 80.4 Å². The molecule has 18 heavy (non-hydrogen) atoms. The lowest BCUT2D eigenvalue weighted by Crippen LogP contribution is -2.26. The zero-order valence-electron chi connectivity index (χ0n) is 11.1. The summed E-state index contributed by atoms with van der Waals surface area (Å²) in [4.78, 5) is 4.41. The maximum Gasteiger partial charge on any atom is 0.243 e. The van der Waals surface area contributed by atoms with E-state index in [2.05, 4.69) is 15.5 Å². The molecule has 0 amide bonds. The van der Waals surface area contributed by atoms with E-state index in [9.17, 15) is 5.11 Å². The van der Waals surface area contributed by atoms with Crippen LogP contribution in [-0.2, 0) is 10.3 Å². The third-order valence-electron chi connectivity index (χ3n) is 3.46. The van der Waals surface area contributed by atoms with Crippen molar-refractivity contribution in [2.75, 3.05) is 13.2 Å². The van der Waals surface area contributed by atoms with Crippen LogP contribution in [0.1, 0.15) is 51.4 Å². The Hall–Kier alpha value is -0.980. The lowest BCUT2D eigenvalue weighted by Gasteiger charge is -2.23. The quantitative estimate of drug-likeness (QED) is 0.821. The number of aliphatic hydroxyl groups excluding tert-OH is 1. The highest BCUT2D eigenvalue weighted by Gasteiger charge is 2.34. The van der Waals surface area contributed by atoms with E-state index < -0.39 is 5.60 Å². The highest BCUT2D eigenvalue weighted by Crippen LogP contribution is 2.29. The minimum absolute atomic E-state index is 0.0519. The molecule has 3 atom stereocenters. The minimum Gasteiger partial charge on any atom is -0.392 e. The van der Waals surface area contributed by atoms with E-state index in [1.54, 1.807) is 0 Å². The molecule has 0 aromatic carbocycles. The van der Waals surface area contributed by atoms with E-state index in [0.29, 0.717) is 31.3 Å². The minimum atomic E-state index is -0.506. The second-order valence-electron chi connectivity index (χ2n) is 4.82. The van der Waals surface area contributed by atoms with Crippen LogP contribution in [0.25, 0.3) is 0 Å². The number of nitrogens with one attached hydrogen (secondary N) is 1. The zero-order valence-corrected chi connectivity index (χ0v) is 11.1. The van der Waals surface area contributed by atoms with Gasteiger partial charge < -0.3 is 19.7 Å². The van der Waals surface area contributed by atoms with Crippen LogP contribution in [0.5, 0.6) is 0 Å². The van der Waals surface area contributed by atoms with Crippen LogP contribution in [0.2, 0.25) is 0 Å². The van der Waals surface area contributed by atoms with Gasteiger partial charge >= 0.3 is 0 Å². The molecule has 6 heteroatoms. The first-order chi connectivity index (χ1) is 8.59. The van der Waals surface area contributed by atoms with E-state index >= 15 is 0 Å². The van der Waals surface area contributed by atoms with Crippen LogP contribution >= 0.6 is 0 Å². The molecule has 0 bridgehead atoms. The van der Waals surface area contributed by atoms with Gasteiger partial charge in [-0.15, -0.1) is 0 Å². The summed E-state index contributed by atoms with van der Waals surface area (Å²) < 4.78 is 11.0. The highest BCUT2D eigenvalue weighted by atomic mass is 16.5. The molecule has 2 rings (SSSR count). The third-order valence-corrected chi connectivity index (χ3v) is 3.46. The first-order valence-corrected chi connectivity index (χ1v) is 6.48. The van der Waals surface area contributed by atoms with Crippen LogP contribution in [0.15, 0.2) is 4.52 Å². The molecule has 1 aliphatic rings. The number of rotatable bonds is 5. The molecule has 1 unspecified atom stereocenters. The molecule has 6 nitrogen and oxygen atoms in total. The zero-order chi connectivity index (χ0) is 13.2. The van der Waals surface area contributed by atoms with Gasteiger partial charge in [0.1, 0.15) is 5.60 Å². The third kappa shape index (κ3) is 2.55. The molecule has 2 heterocycles. The van der Waals surface area contributed by atoms with Gasteiger partial charge in [0.25, 0.3) is 0 Å². The fraction of sp³-hybridized carbons (Fsp3) is 0.833. The van der Waals surface area contributed by atoms with Crippen molar-refractivity contribution in [2.45, 2.75) is 51.4 Å². The van der Waals surface area contributed by atoms with Gasteiger partial charge in [-0.1, -0.05) is 12.1 Å². The average Bonchev–Trinajstić information content (AvgIpc) is 2.97. The Labute approximate surface area is 107 Å². The molecule has 0 spiro atoms. The number of nitrogens with zero attached hydrogens (tertiary/aromatic N) is 2. The molecule has 0 saturated carbocycles. The first-order valence-electron chi connectivity index (χ1n) is 6.48. The maximum atomic E-state index is 9.48. The maximum absolute atomic E-state index is 9.48. The van der Waals surface area contributed by atoms with Gasteiger partial charge in [0.05, 0.1) is 12.1 Å². The van der Waals surface area contributed by atoms with Crippen molar-refractivity contribution in [1.82, 2.24) is 15.5 Å². The Morgan fingerprint density at radius 1 is 1.56 bits per heavy atom. The number of ether oxygens (including phenoxy) is 1. The lowest BCUT2D eigenvalue weighted by molar-refractivity contribution is -0.0403. The van der Waals surface area contributed by atoms with Gasteiger partial charge in [-0.25, -0.2) is 0 Å². The summed E-state index contributed by atoms with van der Waals surface area (Å²) in [6.45, 7) is 7.11. The number of hydrogen-bond acceptors (Lipinski definition) is 6. The standard InChI is InChI=1S/C12H21N3O3/c1-4-12(3,17-5-2)11-14-10(18-15-11)9-6-8(16)7-13-9/h8-9,13,16H,4-7H2,1-3H3/t8-,9-,12?/m1/s1. The summed E-state index contributed by atoms with van der Waals surface area (Å²) in [5.74, 6) is 1.10. The molecule has 1 aromatic rings. The fourth-order valence-corrected chi connectivity index (χ4v) is 2.14. The summed E-state index contributed by atoms with van der Waals surface area (Å²) in [5.41, 5.74) is -0.506. The molecule has 1 saturated heterocycles. The molecule has 2 N–H and O–H groups in total. The second kappa shape index (κ2) is 5.34. The van der Waals surface area contributed by atoms with Gasteiger partial charge in [0.15, 0.2) is 0 Å². The Kier molecular flexibility index (Phi) is 3.99. The molecule has 0 aliphatic carbocycles. The molecular formula is C12H21N3O3. The van der Waals surface area contributed by atoms with Gasteiger partial charge in [-0.2, -0.15) is 4.98 Å². The molecule has 102 valence electrons. The van der Waals surface area contributed by atoms with Gasteiger partial charge in [0, 0.05) is 13.2 Å². The van der Waals surface area contributed by atoms with Crippen LogP contribution in [0, 0.1) is 0 Å². The van der Waals surface area contributed by atoms with E-state index in [-0.39, 0.29) is 12.1 Å². The van der Waals surface area contributed by atoms with Crippen molar-refractivity contribution in [1.29, 1.82) is 0 Å². The number of hydrogen-bond donors (Lipinski definition) is 2. The van der Waals surface area contributed by atoms with Crippen molar-refractivity contribution in [3.05, 3.63) is 11.7 Å². The normalized spacial score (nSPS) is 27.3. The molecular weight excluding hydrogens is 234 g/mol. The fourth-order valence-electron chi connectivity index (χ4n) is 2.14. The SMILES string of the molecule is CCOC(C)(CC)c1noc([C@H]2C[C@@H](O)CN2)n1. The van der Waals surface area contributed by atoms with Gasteiger partial charge in [0.2, 0.25) is 11.7 Å². The van der Waals surface area contributed by atoms with Crippen molar-refractivity contribution in [3.63, 3.8) is 0 Å². The molecule has 0 radical (unpaired) electrons. The molecule has 1 aromatic heterocycles. The van der Waals surface area contributed by atoms with Crippen molar-refractivity contribution in [3.8, 4) is 0 Å². The Morgan fingerprint density at radius 3 is 2.89 bits per heavy atom. The number of aliphatic hydroxyl groups is 1. The van der Waals surface area contributed by atoms with Gasteiger partial charge in [-0.05, 0) is 26.7 Å². The Balaban J connectivity index is 2.14.